The molecular formula is C26H25BrN2O4S. The van der Waals surface area contributed by atoms with Crippen molar-refractivity contribution < 1.29 is 19.4 Å². The van der Waals surface area contributed by atoms with Crippen LogP contribution < -0.4 is 10.1 Å². The van der Waals surface area contributed by atoms with Crippen molar-refractivity contribution in [3.63, 3.8) is 0 Å². The average molecular weight is 541 g/mol. The number of aryl methyl sites for hydroxylation is 1. The lowest BCUT2D eigenvalue weighted by molar-refractivity contribution is -0.139. The lowest BCUT2D eigenvalue weighted by Gasteiger charge is -2.12. The predicted octanol–water partition coefficient (Wildman–Crippen LogP) is 6.64. The molecule has 0 bridgehead atoms. The molecule has 6 nitrogen and oxygen atoms in total. The number of carbonyl (C=O) groups is 2. The molecule has 8 heteroatoms. The molecule has 0 unspecified atom stereocenters. The van der Waals surface area contributed by atoms with Gasteiger partial charge in [-0.05, 0) is 83.1 Å². The Morgan fingerprint density at radius 3 is 2.59 bits per heavy atom. The lowest BCUT2D eigenvalue weighted by atomic mass is 9.96. The molecule has 2 N–H and O–H groups in total. The van der Waals surface area contributed by atoms with Gasteiger partial charge in [-0.25, -0.2) is 9.79 Å². The zero-order valence-electron chi connectivity index (χ0n) is 18.6. The maximum absolute atomic E-state index is 13.4. The van der Waals surface area contributed by atoms with Crippen molar-refractivity contribution >= 4 is 56.0 Å². The number of thiophene rings is 1. The van der Waals surface area contributed by atoms with Crippen LogP contribution in [0.15, 0.2) is 58.0 Å². The molecule has 176 valence electrons. The first-order chi connectivity index (χ1) is 16.5. The molecule has 3 aromatic rings. The quantitative estimate of drug-likeness (QED) is 0.329. The highest BCUT2D eigenvalue weighted by atomic mass is 79.9. The Hall–Kier alpha value is -2.97. The average Bonchev–Trinajstić information content (AvgIpc) is 3.14. The van der Waals surface area contributed by atoms with Crippen LogP contribution in [0.5, 0.6) is 5.75 Å². The minimum Gasteiger partial charge on any atom is -0.481 e. The van der Waals surface area contributed by atoms with Gasteiger partial charge in [0.05, 0.1) is 10.0 Å². The van der Waals surface area contributed by atoms with Gasteiger partial charge in [-0.2, -0.15) is 0 Å². The van der Waals surface area contributed by atoms with Gasteiger partial charge in [-0.15, -0.1) is 11.3 Å². The smallest absolute Gasteiger partial charge is 0.341 e. The molecule has 0 spiro atoms. The minimum atomic E-state index is -1.04. The largest absolute Gasteiger partial charge is 0.481 e. The SMILES string of the molecule is O=C(O)COc1ccc(C=Nc2sc3c(c2C(=O)Nc2ccccc2)CCCCCC3)cc1Br. The molecule has 0 radical (unpaired) electrons. The van der Waals surface area contributed by atoms with Gasteiger partial charge in [-0.3, -0.25) is 4.79 Å². The number of halogens is 1. The third kappa shape index (κ3) is 6.12. The number of fused-ring (bicyclic) bond motifs is 1. The Morgan fingerprint density at radius 1 is 1.09 bits per heavy atom. The van der Waals surface area contributed by atoms with E-state index >= 15 is 0 Å². The van der Waals surface area contributed by atoms with E-state index < -0.39 is 12.6 Å². The summed E-state index contributed by atoms with van der Waals surface area (Å²) in [5.74, 6) is -0.719. The topological polar surface area (TPSA) is 88.0 Å². The molecule has 0 atom stereocenters. The molecule has 1 amide bonds. The lowest BCUT2D eigenvalue weighted by Crippen LogP contribution is -2.14. The Labute approximate surface area is 210 Å². The monoisotopic (exact) mass is 540 g/mol. The van der Waals surface area contributed by atoms with Crippen molar-refractivity contribution in [2.75, 3.05) is 11.9 Å². The highest BCUT2D eigenvalue weighted by Crippen LogP contribution is 2.39. The van der Waals surface area contributed by atoms with Crippen molar-refractivity contribution in [2.45, 2.75) is 38.5 Å². The van der Waals surface area contributed by atoms with Crippen LogP contribution in [0.2, 0.25) is 0 Å². The maximum atomic E-state index is 13.4. The summed E-state index contributed by atoms with van der Waals surface area (Å²) in [4.78, 5) is 30.1. The number of hydrogen-bond acceptors (Lipinski definition) is 5. The van der Waals surface area contributed by atoms with E-state index in [1.54, 1.807) is 29.7 Å². The first-order valence-electron chi connectivity index (χ1n) is 11.2. The van der Waals surface area contributed by atoms with Gasteiger partial charge in [0, 0.05) is 16.8 Å². The Kier molecular flexibility index (Phi) is 8.13. The van der Waals surface area contributed by atoms with E-state index in [0.717, 1.165) is 42.5 Å². The first kappa shape index (κ1) is 24.2. The number of hydrogen-bond donors (Lipinski definition) is 2. The molecule has 0 saturated heterocycles. The maximum Gasteiger partial charge on any atom is 0.341 e. The number of aliphatic carboxylic acids is 1. The number of rotatable bonds is 7. The number of carboxylic acids is 1. The molecule has 1 heterocycles. The second kappa shape index (κ2) is 11.4. The third-order valence-electron chi connectivity index (χ3n) is 5.55. The fraction of sp³-hybridized carbons (Fsp3) is 0.269. The van der Waals surface area contributed by atoms with Crippen molar-refractivity contribution in [1.82, 2.24) is 0 Å². The second-order valence-corrected chi connectivity index (χ2v) is 9.99. The standard InChI is InChI=1S/C26H25BrN2O4S/c27-20-14-17(12-13-21(20)33-16-23(30)31)15-28-26-24(25(32)29-18-8-4-3-5-9-18)19-10-6-1-2-7-11-22(19)34-26/h3-5,8-9,12-15H,1-2,6-7,10-11,16H2,(H,29,32)(H,30,31). The number of aliphatic imine (C=N–C) groups is 1. The van der Waals surface area contributed by atoms with E-state index in [-0.39, 0.29) is 5.91 Å². The van der Waals surface area contributed by atoms with E-state index in [2.05, 4.69) is 21.2 Å². The number of para-hydroxylation sites is 1. The van der Waals surface area contributed by atoms with Crippen LogP contribution in [0.3, 0.4) is 0 Å². The van der Waals surface area contributed by atoms with Crippen LogP contribution >= 0.6 is 27.3 Å². The molecule has 0 saturated carbocycles. The molecule has 34 heavy (non-hydrogen) atoms. The molecular weight excluding hydrogens is 516 g/mol. The van der Waals surface area contributed by atoms with Crippen LogP contribution in [0.1, 0.15) is 52.0 Å². The highest BCUT2D eigenvalue weighted by molar-refractivity contribution is 9.10. The fourth-order valence-electron chi connectivity index (χ4n) is 3.93. The molecule has 1 aliphatic carbocycles. The van der Waals surface area contributed by atoms with Gasteiger partial charge >= 0.3 is 5.97 Å². The van der Waals surface area contributed by atoms with Gasteiger partial charge in [0.1, 0.15) is 10.8 Å². The van der Waals surface area contributed by atoms with Crippen LogP contribution in [-0.2, 0) is 17.6 Å². The first-order valence-corrected chi connectivity index (χ1v) is 12.8. The summed E-state index contributed by atoms with van der Waals surface area (Å²) >= 11 is 5.02. The van der Waals surface area contributed by atoms with E-state index in [4.69, 9.17) is 14.8 Å². The van der Waals surface area contributed by atoms with Gasteiger partial charge in [0.2, 0.25) is 0 Å². The summed E-state index contributed by atoms with van der Waals surface area (Å²) in [5, 5.41) is 12.5. The van der Waals surface area contributed by atoms with E-state index in [0.29, 0.717) is 20.8 Å². The summed E-state index contributed by atoms with van der Waals surface area (Å²) in [6.45, 7) is -0.410. The van der Waals surface area contributed by atoms with Crippen LogP contribution in [0.4, 0.5) is 10.7 Å². The number of nitrogens with zero attached hydrogens (tertiary/aromatic N) is 1. The Morgan fingerprint density at radius 2 is 1.85 bits per heavy atom. The van der Waals surface area contributed by atoms with E-state index in [1.165, 1.54) is 17.7 Å². The summed E-state index contributed by atoms with van der Waals surface area (Å²) in [6, 6.07) is 14.8. The van der Waals surface area contributed by atoms with Crippen molar-refractivity contribution in [3.8, 4) is 5.75 Å². The zero-order chi connectivity index (χ0) is 23.9. The van der Waals surface area contributed by atoms with Crippen molar-refractivity contribution in [2.24, 2.45) is 4.99 Å². The minimum absolute atomic E-state index is 0.130. The van der Waals surface area contributed by atoms with Crippen LogP contribution in [-0.4, -0.2) is 29.8 Å². The predicted molar refractivity (Wildman–Crippen MR) is 139 cm³/mol. The number of nitrogens with one attached hydrogen (secondary N) is 1. The molecule has 1 aliphatic rings. The molecule has 0 aliphatic heterocycles. The summed E-state index contributed by atoms with van der Waals surface area (Å²) in [7, 11) is 0. The molecule has 1 aromatic heterocycles. The number of benzene rings is 2. The van der Waals surface area contributed by atoms with Gasteiger partial charge in [-0.1, -0.05) is 31.0 Å². The zero-order valence-corrected chi connectivity index (χ0v) is 21.0. The van der Waals surface area contributed by atoms with E-state index in [1.807, 2.05) is 36.4 Å². The number of carbonyl (C=O) groups excluding carboxylic acids is 1. The molecule has 0 fully saturated rings. The number of ether oxygens (including phenoxy) is 1. The van der Waals surface area contributed by atoms with Gasteiger partial charge in [0.15, 0.2) is 6.61 Å². The van der Waals surface area contributed by atoms with Crippen molar-refractivity contribution in [1.29, 1.82) is 0 Å². The summed E-state index contributed by atoms with van der Waals surface area (Å²) < 4.78 is 5.90. The number of carboxylic acid groups (broad SMARTS) is 1. The third-order valence-corrected chi connectivity index (χ3v) is 7.37. The fourth-order valence-corrected chi connectivity index (χ4v) is 5.67. The molecule has 4 rings (SSSR count). The number of anilines is 1. The second-order valence-electron chi connectivity index (χ2n) is 8.05. The van der Waals surface area contributed by atoms with Crippen LogP contribution in [0, 0.1) is 0 Å². The Bertz CT molecular complexity index is 1210. The Balaban J connectivity index is 1.63. The van der Waals surface area contributed by atoms with Gasteiger partial charge in [0.25, 0.3) is 5.91 Å². The normalized spacial score (nSPS) is 13.7. The summed E-state index contributed by atoms with van der Waals surface area (Å²) in [6.07, 6.45) is 8.18. The van der Waals surface area contributed by atoms with Crippen LogP contribution in [0.25, 0.3) is 0 Å². The van der Waals surface area contributed by atoms with Crippen molar-refractivity contribution in [3.05, 3.63) is 74.6 Å². The highest BCUT2D eigenvalue weighted by Gasteiger charge is 2.24. The number of amides is 1. The van der Waals surface area contributed by atoms with E-state index in [9.17, 15) is 9.59 Å². The molecule has 2 aromatic carbocycles. The summed E-state index contributed by atoms with van der Waals surface area (Å²) in [5.41, 5.74) is 3.37. The van der Waals surface area contributed by atoms with Gasteiger partial charge < -0.3 is 15.2 Å².